The van der Waals surface area contributed by atoms with E-state index in [1.165, 1.54) is 0 Å². The van der Waals surface area contributed by atoms with E-state index in [1.807, 2.05) is 49.4 Å². The summed E-state index contributed by atoms with van der Waals surface area (Å²) in [5.41, 5.74) is 8.40. The Kier molecular flexibility index (Phi) is 4.38. The molecule has 0 spiro atoms. The first kappa shape index (κ1) is 14.1. The molecule has 1 amide bonds. The van der Waals surface area contributed by atoms with E-state index in [0.717, 1.165) is 16.9 Å². The maximum absolute atomic E-state index is 12.1. The third kappa shape index (κ3) is 3.16. The lowest BCUT2D eigenvalue weighted by Gasteiger charge is -2.13. The van der Waals surface area contributed by atoms with Crippen molar-refractivity contribution in [2.75, 3.05) is 12.4 Å². The number of nitrogens with two attached hydrogens (primary N) is 1. The third-order valence-electron chi connectivity index (χ3n) is 3.10. The van der Waals surface area contributed by atoms with Crippen LogP contribution in [0.1, 0.15) is 17.2 Å². The van der Waals surface area contributed by atoms with Crippen LogP contribution in [0, 0.1) is 6.92 Å². The molecule has 0 saturated heterocycles. The number of benzene rings is 2. The van der Waals surface area contributed by atoms with Crippen molar-refractivity contribution in [3.05, 3.63) is 59.7 Å². The van der Waals surface area contributed by atoms with Crippen molar-refractivity contribution in [1.82, 2.24) is 0 Å². The minimum atomic E-state index is -0.682. The van der Waals surface area contributed by atoms with Gasteiger partial charge in [-0.1, -0.05) is 30.3 Å². The van der Waals surface area contributed by atoms with Gasteiger partial charge in [0, 0.05) is 5.69 Å². The second kappa shape index (κ2) is 6.21. The van der Waals surface area contributed by atoms with Crippen molar-refractivity contribution in [3.63, 3.8) is 0 Å². The van der Waals surface area contributed by atoms with Crippen LogP contribution in [0.15, 0.2) is 48.5 Å². The van der Waals surface area contributed by atoms with Crippen LogP contribution in [0.5, 0.6) is 5.75 Å². The summed E-state index contributed by atoms with van der Waals surface area (Å²) < 4.78 is 5.18. The zero-order chi connectivity index (χ0) is 14.5. The van der Waals surface area contributed by atoms with Crippen molar-refractivity contribution in [3.8, 4) is 5.75 Å². The van der Waals surface area contributed by atoms with E-state index in [1.54, 1.807) is 13.2 Å². The smallest absolute Gasteiger partial charge is 0.245 e. The molecule has 4 nitrogen and oxygen atoms in total. The molecule has 104 valence electrons. The Labute approximate surface area is 118 Å². The summed E-state index contributed by atoms with van der Waals surface area (Å²) in [6, 6.07) is 14.1. The van der Waals surface area contributed by atoms with Gasteiger partial charge in [-0.25, -0.2) is 0 Å². The van der Waals surface area contributed by atoms with Gasteiger partial charge in [0.05, 0.1) is 7.11 Å². The quantitative estimate of drug-likeness (QED) is 0.897. The Bertz CT molecular complexity index is 597. The van der Waals surface area contributed by atoms with Gasteiger partial charge in [-0.2, -0.15) is 0 Å². The number of rotatable bonds is 4. The monoisotopic (exact) mass is 270 g/mol. The van der Waals surface area contributed by atoms with E-state index in [-0.39, 0.29) is 5.91 Å². The van der Waals surface area contributed by atoms with Crippen molar-refractivity contribution in [2.24, 2.45) is 5.73 Å². The number of carbonyl (C=O) groups excluding carboxylic acids is 1. The number of hydrogen-bond acceptors (Lipinski definition) is 3. The highest BCUT2D eigenvalue weighted by molar-refractivity contribution is 5.95. The van der Waals surface area contributed by atoms with Crippen molar-refractivity contribution in [1.29, 1.82) is 0 Å². The predicted molar refractivity (Wildman–Crippen MR) is 79.7 cm³/mol. The van der Waals surface area contributed by atoms with Gasteiger partial charge in [0.15, 0.2) is 0 Å². The molecule has 3 N–H and O–H groups in total. The highest BCUT2D eigenvalue weighted by atomic mass is 16.5. The maximum Gasteiger partial charge on any atom is 0.245 e. The zero-order valence-electron chi connectivity index (χ0n) is 11.6. The Morgan fingerprint density at radius 2 is 1.90 bits per heavy atom. The molecule has 1 unspecified atom stereocenters. The van der Waals surface area contributed by atoms with Crippen LogP contribution < -0.4 is 15.8 Å². The number of anilines is 1. The minimum Gasteiger partial charge on any atom is -0.496 e. The summed E-state index contributed by atoms with van der Waals surface area (Å²) in [5, 5.41) is 2.81. The summed E-state index contributed by atoms with van der Waals surface area (Å²) in [7, 11) is 1.62. The van der Waals surface area contributed by atoms with Gasteiger partial charge in [-0.15, -0.1) is 0 Å². The molecule has 0 aromatic heterocycles. The predicted octanol–water partition coefficient (Wildman–Crippen LogP) is 2.64. The van der Waals surface area contributed by atoms with Gasteiger partial charge >= 0.3 is 0 Å². The molecule has 0 aliphatic rings. The molecule has 0 aliphatic heterocycles. The van der Waals surface area contributed by atoms with Crippen LogP contribution in [0.25, 0.3) is 0 Å². The molecule has 2 rings (SSSR count). The Morgan fingerprint density at radius 3 is 2.50 bits per heavy atom. The van der Waals surface area contributed by atoms with Crippen molar-refractivity contribution < 1.29 is 9.53 Å². The molecular formula is C16H18N2O2. The first-order chi connectivity index (χ1) is 9.61. The third-order valence-corrected chi connectivity index (χ3v) is 3.10. The number of carbonyl (C=O) groups is 1. The van der Waals surface area contributed by atoms with Crippen LogP contribution in [-0.2, 0) is 4.79 Å². The molecular weight excluding hydrogens is 252 g/mol. The molecule has 0 saturated carbocycles. The van der Waals surface area contributed by atoms with E-state index in [2.05, 4.69) is 5.32 Å². The number of amides is 1. The van der Waals surface area contributed by atoms with Crippen LogP contribution >= 0.6 is 0 Å². The van der Waals surface area contributed by atoms with Crippen LogP contribution in [0.3, 0.4) is 0 Å². The number of ether oxygens (including phenoxy) is 1. The van der Waals surface area contributed by atoms with E-state index in [4.69, 9.17) is 10.5 Å². The molecule has 2 aromatic rings. The van der Waals surface area contributed by atoms with Crippen molar-refractivity contribution in [2.45, 2.75) is 13.0 Å². The van der Waals surface area contributed by atoms with Gasteiger partial charge < -0.3 is 15.8 Å². The fraction of sp³-hybridized carbons (Fsp3) is 0.188. The maximum atomic E-state index is 12.1. The number of hydrogen-bond donors (Lipinski definition) is 2. The minimum absolute atomic E-state index is 0.235. The fourth-order valence-corrected chi connectivity index (χ4v) is 1.99. The van der Waals surface area contributed by atoms with Crippen LogP contribution in [0.4, 0.5) is 5.69 Å². The normalized spacial score (nSPS) is 11.8. The first-order valence-corrected chi connectivity index (χ1v) is 6.38. The van der Waals surface area contributed by atoms with E-state index in [9.17, 15) is 4.79 Å². The molecule has 0 heterocycles. The molecule has 0 fully saturated rings. The number of aryl methyl sites for hydroxylation is 1. The molecule has 2 aromatic carbocycles. The Hall–Kier alpha value is -2.33. The fourth-order valence-electron chi connectivity index (χ4n) is 1.99. The summed E-state index contributed by atoms with van der Waals surface area (Å²) in [5.74, 6) is 0.552. The van der Waals surface area contributed by atoms with Crippen LogP contribution in [-0.4, -0.2) is 13.0 Å². The topological polar surface area (TPSA) is 64.3 Å². The highest BCUT2D eigenvalue weighted by Crippen LogP contribution is 2.22. The number of nitrogens with one attached hydrogen (secondary N) is 1. The standard InChI is InChI=1S/C16H18N2O2/c1-11-10-13(8-9-14(11)20-2)18-16(19)15(17)12-6-4-3-5-7-12/h3-10,15H,17H2,1-2H3,(H,18,19). The van der Waals surface area contributed by atoms with Gasteiger partial charge in [0.1, 0.15) is 11.8 Å². The highest BCUT2D eigenvalue weighted by Gasteiger charge is 2.15. The molecule has 0 radical (unpaired) electrons. The number of methoxy groups -OCH3 is 1. The molecule has 1 atom stereocenters. The Balaban J connectivity index is 2.10. The van der Waals surface area contributed by atoms with E-state index < -0.39 is 6.04 Å². The summed E-state index contributed by atoms with van der Waals surface area (Å²) in [4.78, 5) is 12.1. The van der Waals surface area contributed by atoms with E-state index >= 15 is 0 Å². The second-order valence-corrected chi connectivity index (χ2v) is 4.56. The second-order valence-electron chi connectivity index (χ2n) is 4.56. The first-order valence-electron chi connectivity index (χ1n) is 6.38. The van der Waals surface area contributed by atoms with Gasteiger partial charge in [0.25, 0.3) is 0 Å². The van der Waals surface area contributed by atoms with Gasteiger partial charge in [-0.3, -0.25) is 4.79 Å². The summed E-state index contributed by atoms with van der Waals surface area (Å²) in [6.07, 6.45) is 0. The Morgan fingerprint density at radius 1 is 1.20 bits per heavy atom. The van der Waals surface area contributed by atoms with E-state index in [0.29, 0.717) is 5.69 Å². The molecule has 0 aliphatic carbocycles. The lowest BCUT2D eigenvalue weighted by molar-refractivity contribution is -0.117. The summed E-state index contributed by atoms with van der Waals surface area (Å²) in [6.45, 7) is 1.92. The molecule has 20 heavy (non-hydrogen) atoms. The largest absolute Gasteiger partial charge is 0.496 e. The van der Waals surface area contributed by atoms with Gasteiger partial charge in [-0.05, 0) is 36.2 Å². The molecule has 4 heteroatoms. The lowest BCUT2D eigenvalue weighted by Crippen LogP contribution is -2.27. The average molecular weight is 270 g/mol. The van der Waals surface area contributed by atoms with Crippen LogP contribution in [0.2, 0.25) is 0 Å². The lowest BCUT2D eigenvalue weighted by atomic mass is 10.1. The SMILES string of the molecule is COc1ccc(NC(=O)C(N)c2ccccc2)cc1C. The average Bonchev–Trinajstić information content (AvgIpc) is 2.47. The zero-order valence-corrected chi connectivity index (χ0v) is 11.6. The van der Waals surface area contributed by atoms with Crippen molar-refractivity contribution >= 4 is 11.6 Å². The molecule has 0 bridgehead atoms. The van der Waals surface area contributed by atoms with Gasteiger partial charge in [0.2, 0.25) is 5.91 Å². The summed E-state index contributed by atoms with van der Waals surface area (Å²) >= 11 is 0.